The second kappa shape index (κ2) is 44.8. The van der Waals surface area contributed by atoms with Crippen LogP contribution >= 0.6 is 45.3 Å². The minimum atomic E-state index is -0.0144. The molecule has 4 fully saturated rings. The van der Waals surface area contributed by atoms with E-state index in [4.69, 9.17) is 32.8 Å². The Bertz CT molecular complexity index is 7450. The molecule has 16 aromatic rings. The number of pyridine rings is 1. The van der Waals surface area contributed by atoms with Crippen molar-refractivity contribution in [3.63, 3.8) is 0 Å². The second-order valence-electron chi connectivity index (χ2n) is 37.8. The Hall–Kier alpha value is -13.4. The maximum absolute atomic E-state index is 13.0. The topological polar surface area (TPSA) is 248 Å². The third kappa shape index (κ3) is 22.1. The van der Waals surface area contributed by atoms with Crippen molar-refractivity contribution in [1.82, 2.24) is 43.2 Å². The SMILES string of the molecule is C#Cc1ccc(C(=O)C[C@@H]2CCC[C@H](n3c(-c4ccccc4C)nc4cc(C(=O)CC)ccc43)C2)s1.C#Cc1ccc(C(=O)C[C@@H]2CCC[C@H](n3c(-c4ccccn4)nc4cc(CO)ccc43)C2)s1.CCC(=O)c1ccc2c(c1)nc(-c1ccccc1C#N)n2[C@H]1CCC[C@@H](CC(=O)c2ccc(C)s2)C1.CCC(=O)c1ccc2c(c1)nc(-c1ccccc1C)n2[C@H]1CCC[C@@H](CC(=O)c2ccc(C)s2)C1. The van der Waals surface area contributed by atoms with E-state index in [-0.39, 0.29) is 71.3 Å². The lowest BCUT2D eigenvalue weighted by Gasteiger charge is -2.31. The van der Waals surface area contributed by atoms with Crippen molar-refractivity contribution in [2.75, 3.05) is 0 Å². The smallest absolute Gasteiger partial charge is 0.173 e. The lowest BCUT2D eigenvalue weighted by atomic mass is 9.82. The van der Waals surface area contributed by atoms with Crippen LogP contribution < -0.4 is 0 Å². The fourth-order valence-electron chi connectivity index (χ4n) is 21.3. The summed E-state index contributed by atoms with van der Waals surface area (Å²) in [6.07, 6.45) is 32.8. The van der Waals surface area contributed by atoms with Gasteiger partial charge in [0.15, 0.2) is 46.3 Å². The normalized spacial score (nSPS) is 17.9. The largest absolute Gasteiger partial charge is 0.392 e. The molecule has 1 N–H and O–H groups in total. The third-order valence-corrected chi connectivity index (χ3v) is 32.5. The predicted octanol–water partition coefficient (Wildman–Crippen LogP) is 28.8. The van der Waals surface area contributed by atoms with Gasteiger partial charge in [-0.15, -0.1) is 58.2 Å². The Labute approximate surface area is 834 Å². The average Bonchev–Trinajstić information content (AvgIpc) is 1.62. The third-order valence-electron chi connectivity index (χ3n) is 28.3. The van der Waals surface area contributed by atoms with Crippen molar-refractivity contribution in [2.45, 2.75) is 227 Å². The molecule has 4 aliphatic carbocycles. The molecule has 710 valence electrons. The number of Topliss-reactive ketones (excluding diaryl/α,β-unsaturated/α-hetero) is 7. The number of ketones is 7. The van der Waals surface area contributed by atoms with Gasteiger partial charge in [0.25, 0.3) is 0 Å². The zero-order chi connectivity index (χ0) is 97.8. The molecule has 0 amide bonds. The van der Waals surface area contributed by atoms with Crippen LogP contribution in [0.3, 0.4) is 0 Å². The van der Waals surface area contributed by atoms with Crippen LogP contribution in [0.1, 0.15) is 304 Å². The molecule has 0 bridgehead atoms. The summed E-state index contributed by atoms with van der Waals surface area (Å²) in [5.74, 6) is 11.3. The molecular formula is C118H116N10O8S4. The fraction of sp³-hybridized carbons (Fsp3) is 0.331. The summed E-state index contributed by atoms with van der Waals surface area (Å²) in [5, 5.41) is 19.4. The Kier molecular flexibility index (Phi) is 31.5. The molecule has 4 aliphatic rings. The minimum Gasteiger partial charge on any atom is -0.392 e. The standard InChI is InChI=1S/C31H30N2O2S.C30H29N3O2S.C30H32N2O2S.C27H25N3O2S/c1-4-24-14-16-30(36-24)29(35)18-21-10-8-11-23(17-21)33-27-15-13-22(28(34)5-2)19-26(27)32-31(33)25-12-7-6-9-20(25)3;1-3-27(34)21-12-13-26-25(17-21)32-30(24-10-5-4-8-22(24)18-31)33(26)23-9-6-7-20(15-23)16-28(35)29-14-11-19(2)36-29;1-4-27(33)22-13-14-26-25(18-22)31-30(24-11-6-5-8-19(24)2)32(26)23-10-7-9-21(16-23)17-28(34)29-15-12-20(3)35-29;1-2-21-10-12-26(33-21)25(32)16-18-6-5-7-20(14-18)30-24-11-9-19(17-31)15-23(24)29-27(30)22-8-3-4-13-28-22/h1,6-7,9,12-16,19,21,23H,5,8,10-11,17-18H2,2-3H3;4-5,8,10-14,17,20,23H,3,6-7,9,15-16H2,1-2H3;5-6,8,11-15,18,21,23H,4,7,9-10,16-17H2,1-3H3;1,3-4,8-13,15,18,20,31H,5-7,14,16-17H2/t21-,23+;20-,23+;21-,23+;18-,20+/m1111/s1. The molecule has 9 heterocycles. The van der Waals surface area contributed by atoms with E-state index in [1.54, 1.807) is 28.9 Å². The van der Waals surface area contributed by atoms with Crippen LogP contribution in [-0.2, 0) is 6.61 Å². The molecule has 4 saturated carbocycles. The molecule has 9 aromatic heterocycles. The molecule has 0 unspecified atom stereocenters. The number of imidazole rings is 4. The summed E-state index contributed by atoms with van der Waals surface area (Å²) in [4.78, 5) is 121. The van der Waals surface area contributed by atoms with Gasteiger partial charge < -0.3 is 23.4 Å². The first-order valence-electron chi connectivity index (χ1n) is 49.3. The maximum Gasteiger partial charge on any atom is 0.173 e. The van der Waals surface area contributed by atoms with E-state index >= 15 is 0 Å². The van der Waals surface area contributed by atoms with E-state index in [9.17, 15) is 43.9 Å². The Balaban J connectivity index is 0.000000129. The molecule has 0 spiro atoms. The number of hydrogen-bond acceptors (Lipinski definition) is 18. The first kappa shape index (κ1) is 98.2. The van der Waals surface area contributed by atoms with Gasteiger partial charge in [-0.3, -0.25) is 38.5 Å². The van der Waals surface area contributed by atoms with Crippen molar-refractivity contribution < 1.29 is 38.7 Å². The van der Waals surface area contributed by atoms with Gasteiger partial charge in [0.1, 0.15) is 23.2 Å². The predicted molar refractivity (Wildman–Crippen MR) is 565 cm³/mol. The first-order chi connectivity index (χ1) is 68.1. The number of hydrogen-bond donors (Lipinski definition) is 1. The zero-order valence-electron chi connectivity index (χ0n) is 80.4. The zero-order valence-corrected chi connectivity index (χ0v) is 83.7. The number of benzene rings is 7. The van der Waals surface area contributed by atoms with Gasteiger partial charge >= 0.3 is 0 Å². The van der Waals surface area contributed by atoms with E-state index in [1.807, 2.05) is 191 Å². The number of aromatic nitrogens is 9. The molecule has 8 atom stereocenters. The second-order valence-corrected chi connectivity index (χ2v) is 42.6. The summed E-state index contributed by atoms with van der Waals surface area (Å²) in [6.45, 7) is 13.9. The van der Waals surface area contributed by atoms with Crippen LogP contribution in [0.25, 0.3) is 89.8 Å². The number of carbonyl (C=O) groups is 7. The quantitative estimate of drug-likeness (QED) is 0.0372. The van der Waals surface area contributed by atoms with Crippen molar-refractivity contribution in [1.29, 1.82) is 5.26 Å². The van der Waals surface area contributed by atoms with Crippen molar-refractivity contribution in [3.8, 4) is 76.4 Å². The molecule has 0 radical (unpaired) electrons. The van der Waals surface area contributed by atoms with E-state index < -0.39 is 0 Å². The van der Waals surface area contributed by atoms with Crippen LogP contribution in [0.5, 0.6) is 0 Å². The van der Waals surface area contributed by atoms with Gasteiger partial charge in [-0.05, 0) is 285 Å². The van der Waals surface area contributed by atoms with E-state index in [0.29, 0.717) is 85.3 Å². The number of nitriles is 1. The molecule has 0 aliphatic heterocycles. The van der Waals surface area contributed by atoms with Gasteiger partial charge in [-0.2, -0.15) is 5.26 Å². The van der Waals surface area contributed by atoms with E-state index in [0.717, 1.165) is 238 Å². The molecule has 0 saturated heterocycles. The molecule has 7 aromatic carbocycles. The van der Waals surface area contributed by atoms with Gasteiger partial charge in [-0.25, -0.2) is 19.9 Å². The van der Waals surface area contributed by atoms with Crippen molar-refractivity contribution in [3.05, 3.63) is 296 Å². The average molecular weight is 1930 g/mol. The van der Waals surface area contributed by atoms with E-state index in [2.05, 4.69) is 110 Å². The maximum atomic E-state index is 13.0. The minimum absolute atomic E-state index is 0.0144. The summed E-state index contributed by atoms with van der Waals surface area (Å²) in [6, 6.07) is 72.3. The van der Waals surface area contributed by atoms with Gasteiger partial charge in [-0.1, -0.05) is 131 Å². The van der Waals surface area contributed by atoms with Gasteiger partial charge in [0.05, 0.1) is 91.6 Å². The summed E-state index contributed by atoms with van der Waals surface area (Å²) in [7, 11) is 0. The number of carbonyl (C=O) groups excluding carboxylic acids is 7. The Morgan fingerprint density at radius 1 is 0.371 bits per heavy atom. The Morgan fingerprint density at radius 2 is 0.707 bits per heavy atom. The number of fused-ring (bicyclic) bond motifs is 4. The Morgan fingerprint density at radius 3 is 1.05 bits per heavy atom. The highest BCUT2D eigenvalue weighted by Crippen LogP contribution is 2.47. The number of rotatable bonds is 27. The highest BCUT2D eigenvalue weighted by molar-refractivity contribution is 7.15. The number of aryl methyl sites for hydroxylation is 4. The fourth-order valence-corrected chi connectivity index (χ4v) is 24.5. The number of terminal acetylenes is 2. The summed E-state index contributed by atoms with van der Waals surface area (Å²) < 4.78 is 9.33. The molecule has 18 nitrogen and oxygen atoms in total. The van der Waals surface area contributed by atoms with E-state index in [1.165, 1.54) is 38.7 Å². The van der Waals surface area contributed by atoms with Crippen molar-refractivity contribution in [2.24, 2.45) is 23.7 Å². The van der Waals surface area contributed by atoms with Crippen LogP contribution in [-0.4, -0.2) is 88.8 Å². The summed E-state index contributed by atoms with van der Waals surface area (Å²) >= 11 is 5.98. The lowest BCUT2D eigenvalue weighted by Crippen LogP contribution is -2.22. The number of aliphatic hydroxyl groups excluding tert-OH is 1. The van der Waals surface area contributed by atoms with Crippen molar-refractivity contribution >= 4 is 130 Å². The number of nitrogens with zero attached hydrogens (tertiary/aromatic N) is 10. The highest BCUT2D eigenvalue weighted by Gasteiger charge is 2.36. The van der Waals surface area contributed by atoms with Gasteiger partial charge in [0, 0.05) is 118 Å². The van der Waals surface area contributed by atoms with Gasteiger partial charge in [0.2, 0.25) is 0 Å². The van der Waals surface area contributed by atoms with Crippen LogP contribution in [0.4, 0.5) is 0 Å². The monoisotopic (exact) mass is 1930 g/mol. The highest BCUT2D eigenvalue weighted by atomic mass is 32.1. The molecule has 22 heteroatoms. The first-order valence-corrected chi connectivity index (χ1v) is 52.5. The molecular weight excluding hydrogens is 1810 g/mol. The van der Waals surface area contributed by atoms with Crippen LogP contribution in [0.15, 0.2) is 219 Å². The molecule has 20 rings (SSSR count). The summed E-state index contributed by atoms with van der Waals surface area (Å²) in [5.41, 5.74) is 17.2. The number of aliphatic hydroxyl groups is 1. The van der Waals surface area contributed by atoms with Crippen LogP contribution in [0.2, 0.25) is 0 Å². The lowest BCUT2D eigenvalue weighted by molar-refractivity contribution is 0.0937. The number of thiophene rings is 4. The molecule has 140 heavy (non-hydrogen) atoms. The van der Waals surface area contributed by atoms with Crippen LogP contribution in [0, 0.1) is 87.4 Å².